The molecule has 0 spiro atoms. The Kier molecular flexibility index (Phi) is 6.86. The van der Waals surface area contributed by atoms with Gasteiger partial charge in [0.25, 0.3) is 11.5 Å². The molecule has 8 nitrogen and oxygen atoms in total. The molecule has 0 unspecified atom stereocenters. The van der Waals surface area contributed by atoms with Crippen molar-refractivity contribution in [2.45, 2.75) is 13.1 Å². The van der Waals surface area contributed by atoms with E-state index in [0.717, 1.165) is 14.8 Å². The molecule has 0 aliphatic carbocycles. The van der Waals surface area contributed by atoms with Crippen molar-refractivity contribution in [1.82, 2.24) is 19.2 Å². The predicted molar refractivity (Wildman–Crippen MR) is 128 cm³/mol. The van der Waals surface area contributed by atoms with Crippen LogP contribution in [0.3, 0.4) is 0 Å². The summed E-state index contributed by atoms with van der Waals surface area (Å²) in [5.41, 5.74) is -0.431. The monoisotopic (exact) mass is 474 g/mol. The van der Waals surface area contributed by atoms with Gasteiger partial charge in [0.15, 0.2) is 0 Å². The van der Waals surface area contributed by atoms with Crippen LogP contribution in [0.1, 0.15) is 21.6 Å². The first kappa shape index (κ1) is 23.6. The van der Waals surface area contributed by atoms with E-state index in [2.05, 4.69) is 5.10 Å². The number of rotatable bonds is 7. The molecule has 1 amide bonds. The summed E-state index contributed by atoms with van der Waals surface area (Å²) in [5.74, 6) is -0.582. The second kappa shape index (κ2) is 10.2. The van der Waals surface area contributed by atoms with Crippen LogP contribution >= 0.6 is 0 Å². The lowest BCUT2D eigenvalue weighted by Crippen LogP contribution is -2.46. The van der Waals surface area contributed by atoms with Crippen LogP contribution in [0, 0.1) is 5.82 Å². The molecule has 0 radical (unpaired) electrons. The number of carbonyl (C=O) groups excluding carboxylic acids is 1. The fraction of sp³-hybridized carbons (Fsp3) is 0.154. The standard InChI is InChI=1S/C26H23FN4O4/c1-29(16-18-7-4-3-5-8-18)24(32)23-25(33)30(17-19-9-6-10-20(27)15-19)26(34)31(28-23)21-11-13-22(35-2)14-12-21/h3-15H,16-17H2,1-2H3. The summed E-state index contributed by atoms with van der Waals surface area (Å²) < 4.78 is 20.8. The summed E-state index contributed by atoms with van der Waals surface area (Å²) in [6.45, 7) is 0.0170. The van der Waals surface area contributed by atoms with Crippen LogP contribution in [-0.4, -0.2) is 39.3 Å². The van der Waals surface area contributed by atoms with E-state index in [1.807, 2.05) is 30.3 Å². The average molecular weight is 474 g/mol. The third-order valence-corrected chi connectivity index (χ3v) is 5.42. The molecule has 0 bridgehead atoms. The van der Waals surface area contributed by atoms with Gasteiger partial charge in [-0.15, -0.1) is 0 Å². The summed E-state index contributed by atoms with van der Waals surface area (Å²) in [5, 5.41) is 4.14. The summed E-state index contributed by atoms with van der Waals surface area (Å²) in [7, 11) is 3.06. The number of halogens is 1. The molecule has 1 aromatic heterocycles. The highest BCUT2D eigenvalue weighted by molar-refractivity contribution is 5.91. The van der Waals surface area contributed by atoms with Crippen LogP contribution in [0.4, 0.5) is 4.39 Å². The molecule has 0 saturated carbocycles. The Morgan fingerprint density at radius 2 is 1.66 bits per heavy atom. The molecule has 0 saturated heterocycles. The molecule has 35 heavy (non-hydrogen) atoms. The zero-order valence-electron chi connectivity index (χ0n) is 19.2. The molecule has 4 rings (SSSR count). The predicted octanol–water partition coefficient (Wildman–Crippen LogP) is 2.86. The highest BCUT2D eigenvalue weighted by Gasteiger charge is 2.23. The maximum Gasteiger partial charge on any atom is 0.352 e. The van der Waals surface area contributed by atoms with E-state index in [4.69, 9.17) is 4.74 Å². The SMILES string of the molecule is COc1ccc(-n2nc(C(=O)N(C)Cc3ccccc3)c(=O)n(Cc3cccc(F)c3)c2=O)cc1. The van der Waals surface area contributed by atoms with Gasteiger partial charge in [0.05, 0.1) is 19.3 Å². The quantitative estimate of drug-likeness (QED) is 0.411. The topological polar surface area (TPSA) is 86.4 Å². The zero-order chi connectivity index (χ0) is 24.9. The highest BCUT2D eigenvalue weighted by Crippen LogP contribution is 2.13. The number of carbonyl (C=O) groups is 1. The number of hydrogen-bond acceptors (Lipinski definition) is 5. The first-order valence-electron chi connectivity index (χ1n) is 10.8. The Labute approximate surface area is 200 Å². The molecule has 0 N–H and O–H groups in total. The van der Waals surface area contributed by atoms with Crippen molar-refractivity contribution in [3.8, 4) is 11.4 Å². The number of aromatic nitrogens is 3. The number of amides is 1. The van der Waals surface area contributed by atoms with Crippen LogP contribution < -0.4 is 16.0 Å². The number of hydrogen-bond donors (Lipinski definition) is 0. The maximum absolute atomic E-state index is 13.8. The van der Waals surface area contributed by atoms with E-state index >= 15 is 0 Å². The van der Waals surface area contributed by atoms with Gasteiger partial charge < -0.3 is 9.64 Å². The van der Waals surface area contributed by atoms with Gasteiger partial charge in [0, 0.05) is 13.6 Å². The molecule has 178 valence electrons. The lowest BCUT2D eigenvalue weighted by Gasteiger charge is -2.18. The lowest BCUT2D eigenvalue weighted by atomic mass is 10.2. The Bertz CT molecular complexity index is 1460. The minimum atomic E-state index is -0.853. The van der Waals surface area contributed by atoms with Crippen LogP contribution in [0.5, 0.6) is 5.75 Å². The van der Waals surface area contributed by atoms with Crippen molar-refractivity contribution < 1.29 is 13.9 Å². The smallest absolute Gasteiger partial charge is 0.352 e. The van der Waals surface area contributed by atoms with E-state index in [9.17, 15) is 18.8 Å². The first-order valence-corrected chi connectivity index (χ1v) is 10.8. The van der Waals surface area contributed by atoms with Crippen LogP contribution in [0.2, 0.25) is 0 Å². The van der Waals surface area contributed by atoms with Crippen molar-refractivity contribution in [3.05, 3.63) is 122 Å². The van der Waals surface area contributed by atoms with Crippen molar-refractivity contribution in [3.63, 3.8) is 0 Å². The Morgan fingerprint density at radius 1 is 0.971 bits per heavy atom. The van der Waals surface area contributed by atoms with E-state index in [1.54, 1.807) is 37.4 Å². The zero-order valence-corrected chi connectivity index (χ0v) is 19.2. The van der Waals surface area contributed by atoms with Crippen molar-refractivity contribution in [2.24, 2.45) is 0 Å². The fourth-order valence-corrected chi connectivity index (χ4v) is 3.61. The van der Waals surface area contributed by atoms with E-state index in [0.29, 0.717) is 17.0 Å². The fourth-order valence-electron chi connectivity index (χ4n) is 3.61. The molecule has 1 heterocycles. The summed E-state index contributed by atoms with van der Waals surface area (Å²) >= 11 is 0. The number of benzene rings is 3. The van der Waals surface area contributed by atoms with Gasteiger partial charge in [-0.3, -0.25) is 14.2 Å². The van der Waals surface area contributed by atoms with Gasteiger partial charge in [-0.25, -0.2) is 9.18 Å². The highest BCUT2D eigenvalue weighted by atomic mass is 19.1. The minimum Gasteiger partial charge on any atom is -0.497 e. The molecule has 9 heteroatoms. The average Bonchev–Trinajstić information content (AvgIpc) is 2.87. The van der Waals surface area contributed by atoms with Crippen molar-refractivity contribution >= 4 is 5.91 Å². The molecule has 0 fully saturated rings. The van der Waals surface area contributed by atoms with Crippen molar-refractivity contribution in [1.29, 1.82) is 0 Å². The third-order valence-electron chi connectivity index (χ3n) is 5.42. The van der Waals surface area contributed by atoms with Gasteiger partial charge in [-0.05, 0) is 47.5 Å². The molecule has 3 aromatic carbocycles. The summed E-state index contributed by atoms with van der Waals surface area (Å²) in [6, 6.07) is 21.3. The summed E-state index contributed by atoms with van der Waals surface area (Å²) in [4.78, 5) is 41.2. The Balaban J connectivity index is 1.82. The molecule has 0 aliphatic heterocycles. The molecule has 0 atom stereocenters. The van der Waals surface area contributed by atoms with Gasteiger partial charge in [-0.1, -0.05) is 42.5 Å². The van der Waals surface area contributed by atoms with Crippen LogP contribution in [0.25, 0.3) is 5.69 Å². The largest absolute Gasteiger partial charge is 0.497 e. The second-order valence-electron chi connectivity index (χ2n) is 7.91. The molecule has 4 aromatic rings. The number of ether oxygens (including phenoxy) is 1. The van der Waals surface area contributed by atoms with E-state index < -0.39 is 28.7 Å². The van der Waals surface area contributed by atoms with Gasteiger partial charge in [-0.2, -0.15) is 9.78 Å². The molecular formula is C26H23FN4O4. The second-order valence-corrected chi connectivity index (χ2v) is 7.91. The maximum atomic E-state index is 13.8. The minimum absolute atomic E-state index is 0.225. The molecule has 0 aliphatic rings. The Hall–Kier alpha value is -4.53. The lowest BCUT2D eigenvalue weighted by molar-refractivity contribution is 0.0773. The van der Waals surface area contributed by atoms with Gasteiger partial charge in [0.2, 0.25) is 5.69 Å². The summed E-state index contributed by atoms with van der Waals surface area (Å²) in [6.07, 6.45) is 0. The first-order chi connectivity index (χ1) is 16.9. The van der Waals surface area contributed by atoms with E-state index in [1.165, 1.54) is 30.2 Å². The number of methoxy groups -OCH3 is 1. The molecular weight excluding hydrogens is 451 g/mol. The van der Waals surface area contributed by atoms with Gasteiger partial charge in [0.1, 0.15) is 11.6 Å². The van der Waals surface area contributed by atoms with E-state index in [-0.39, 0.29) is 13.1 Å². The number of nitrogens with zero attached hydrogens (tertiary/aromatic N) is 4. The van der Waals surface area contributed by atoms with Crippen molar-refractivity contribution in [2.75, 3.05) is 14.2 Å². The third kappa shape index (κ3) is 5.19. The van der Waals surface area contributed by atoms with Crippen LogP contribution in [-0.2, 0) is 13.1 Å². The Morgan fingerprint density at radius 3 is 2.31 bits per heavy atom. The van der Waals surface area contributed by atoms with Gasteiger partial charge >= 0.3 is 5.69 Å². The normalized spacial score (nSPS) is 10.7. The van der Waals surface area contributed by atoms with Crippen LogP contribution in [0.15, 0.2) is 88.5 Å².